The van der Waals surface area contributed by atoms with Gasteiger partial charge in [-0.05, 0) is 36.8 Å². The third kappa shape index (κ3) is 1.79. The smallest absolute Gasteiger partial charge is 0.143 e. The maximum atomic E-state index is 4.75. The van der Waals surface area contributed by atoms with Crippen molar-refractivity contribution >= 4 is 32.5 Å². The molecule has 0 N–H and O–H groups in total. The highest BCUT2D eigenvalue weighted by molar-refractivity contribution is 7.21. The van der Waals surface area contributed by atoms with E-state index in [0.29, 0.717) is 0 Å². The average Bonchev–Trinajstić information content (AvgIpc) is 2.91. The van der Waals surface area contributed by atoms with E-state index in [2.05, 4.69) is 36.2 Å². The van der Waals surface area contributed by atoms with Crippen molar-refractivity contribution in [3.05, 3.63) is 60.2 Å². The molecule has 2 nitrogen and oxygen atoms in total. The second kappa shape index (κ2) is 4.39. The number of aryl methyl sites for hydroxylation is 1. The summed E-state index contributed by atoms with van der Waals surface area (Å²) < 4.78 is 1.20. The molecule has 0 fully saturated rings. The Morgan fingerprint density at radius 3 is 2.45 bits per heavy atom. The van der Waals surface area contributed by atoms with Crippen molar-refractivity contribution in [2.24, 2.45) is 0 Å². The Labute approximate surface area is 120 Å². The summed E-state index contributed by atoms with van der Waals surface area (Å²) in [6, 6.07) is 18.6. The lowest BCUT2D eigenvalue weighted by molar-refractivity contribution is 1.34. The minimum Gasteiger partial charge on any atom is -0.245 e. The molecule has 0 aliphatic carbocycles. The van der Waals surface area contributed by atoms with E-state index in [0.717, 1.165) is 21.7 Å². The SMILES string of the molecule is Cc1cc(-c2nc3ccccc3s2)nc2ccccc12. The lowest BCUT2D eigenvalue weighted by Gasteiger charge is -2.03. The maximum Gasteiger partial charge on any atom is 0.143 e. The molecule has 2 aromatic heterocycles. The number of fused-ring (bicyclic) bond motifs is 2. The van der Waals surface area contributed by atoms with Crippen LogP contribution in [0, 0.1) is 6.92 Å². The van der Waals surface area contributed by atoms with Gasteiger partial charge in [0.1, 0.15) is 5.01 Å². The van der Waals surface area contributed by atoms with Crippen molar-refractivity contribution in [2.75, 3.05) is 0 Å². The molecule has 0 aliphatic rings. The Hall–Kier alpha value is -2.26. The van der Waals surface area contributed by atoms with Crippen molar-refractivity contribution in [3.8, 4) is 10.7 Å². The Morgan fingerprint density at radius 1 is 0.850 bits per heavy atom. The molecule has 2 heterocycles. The fraction of sp³-hybridized carbons (Fsp3) is 0.0588. The molecule has 0 saturated heterocycles. The van der Waals surface area contributed by atoms with Crippen LogP contribution in [0.1, 0.15) is 5.56 Å². The molecule has 0 amide bonds. The van der Waals surface area contributed by atoms with Crippen LogP contribution >= 0.6 is 11.3 Å². The van der Waals surface area contributed by atoms with E-state index in [1.165, 1.54) is 15.6 Å². The van der Waals surface area contributed by atoms with Gasteiger partial charge in [-0.2, -0.15) is 0 Å². The van der Waals surface area contributed by atoms with Gasteiger partial charge >= 0.3 is 0 Å². The zero-order valence-electron chi connectivity index (χ0n) is 11.0. The van der Waals surface area contributed by atoms with Gasteiger partial charge < -0.3 is 0 Å². The van der Waals surface area contributed by atoms with E-state index in [4.69, 9.17) is 4.98 Å². The van der Waals surface area contributed by atoms with E-state index >= 15 is 0 Å². The first-order chi connectivity index (χ1) is 9.81. The van der Waals surface area contributed by atoms with Crippen LogP contribution in [0.3, 0.4) is 0 Å². The first kappa shape index (κ1) is 11.6. The quantitative estimate of drug-likeness (QED) is 0.498. The summed E-state index contributed by atoms with van der Waals surface area (Å²) in [5, 5.41) is 2.19. The molecule has 2 aromatic carbocycles. The van der Waals surface area contributed by atoms with E-state index in [9.17, 15) is 0 Å². The first-order valence-electron chi connectivity index (χ1n) is 6.53. The van der Waals surface area contributed by atoms with Crippen LogP contribution in [0.25, 0.3) is 31.8 Å². The van der Waals surface area contributed by atoms with Gasteiger partial charge in [0.05, 0.1) is 21.4 Å². The van der Waals surface area contributed by atoms with E-state index in [1.54, 1.807) is 11.3 Å². The van der Waals surface area contributed by atoms with E-state index in [1.807, 2.05) is 30.3 Å². The van der Waals surface area contributed by atoms with Gasteiger partial charge in [0.25, 0.3) is 0 Å². The van der Waals surface area contributed by atoms with Gasteiger partial charge in [0.2, 0.25) is 0 Å². The molecular weight excluding hydrogens is 264 g/mol. The standard InChI is InChI=1S/C17H12N2S/c1-11-10-15(18-13-7-3-2-6-12(11)13)17-19-14-8-4-5-9-16(14)20-17/h2-10H,1H3. The van der Waals surface area contributed by atoms with Crippen molar-refractivity contribution in [1.29, 1.82) is 0 Å². The second-order valence-electron chi connectivity index (χ2n) is 4.83. The average molecular weight is 276 g/mol. The van der Waals surface area contributed by atoms with Crippen molar-refractivity contribution in [2.45, 2.75) is 6.92 Å². The van der Waals surface area contributed by atoms with Crippen LogP contribution in [-0.4, -0.2) is 9.97 Å². The van der Waals surface area contributed by atoms with Crippen molar-refractivity contribution in [3.63, 3.8) is 0 Å². The number of thiazole rings is 1. The zero-order chi connectivity index (χ0) is 13.5. The molecule has 0 unspecified atom stereocenters. The maximum absolute atomic E-state index is 4.75. The zero-order valence-corrected chi connectivity index (χ0v) is 11.8. The van der Waals surface area contributed by atoms with Crippen LogP contribution in [0.15, 0.2) is 54.6 Å². The number of nitrogens with zero attached hydrogens (tertiary/aromatic N) is 2. The van der Waals surface area contributed by atoms with Gasteiger partial charge in [-0.3, -0.25) is 0 Å². The summed E-state index contributed by atoms with van der Waals surface area (Å²) in [4.78, 5) is 9.44. The number of para-hydroxylation sites is 2. The normalized spacial score (nSPS) is 11.2. The lowest BCUT2D eigenvalue weighted by atomic mass is 10.1. The largest absolute Gasteiger partial charge is 0.245 e. The van der Waals surface area contributed by atoms with Crippen LogP contribution in [0.2, 0.25) is 0 Å². The Morgan fingerprint density at radius 2 is 1.60 bits per heavy atom. The van der Waals surface area contributed by atoms with Crippen molar-refractivity contribution in [1.82, 2.24) is 9.97 Å². The summed E-state index contributed by atoms with van der Waals surface area (Å²) in [5.41, 5.74) is 4.27. The molecule has 96 valence electrons. The highest BCUT2D eigenvalue weighted by atomic mass is 32.1. The molecule has 0 atom stereocenters. The minimum absolute atomic E-state index is 0.961. The van der Waals surface area contributed by atoms with E-state index in [-0.39, 0.29) is 0 Å². The topological polar surface area (TPSA) is 25.8 Å². The first-order valence-corrected chi connectivity index (χ1v) is 7.35. The van der Waals surface area contributed by atoms with Gasteiger partial charge in [0, 0.05) is 5.39 Å². The molecular formula is C17H12N2S. The molecule has 0 saturated carbocycles. The number of hydrogen-bond acceptors (Lipinski definition) is 3. The fourth-order valence-corrected chi connectivity index (χ4v) is 3.37. The Kier molecular flexibility index (Phi) is 2.54. The highest BCUT2D eigenvalue weighted by Crippen LogP contribution is 2.31. The van der Waals surface area contributed by atoms with Crippen LogP contribution in [0.5, 0.6) is 0 Å². The predicted octanol–water partition coefficient (Wildman–Crippen LogP) is 4.82. The van der Waals surface area contributed by atoms with E-state index < -0.39 is 0 Å². The summed E-state index contributed by atoms with van der Waals surface area (Å²) >= 11 is 1.69. The molecule has 0 bridgehead atoms. The number of hydrogen-bond donors (Lipinski definition) is 0. The molecule has 0 spiro atoms. The monoisotopic (exact) mass is 276 g/mol. The predicted molar refractivity (Wildman–Crippen MR) is 85.1 cm³/mol. The molecule has 0 aliphatic heterocycles. The van der Waals surface area contributed by atoms with Gasteiger partial charge in [-0.1, -0.05) is 30.3 Å². The number of rotatable bonds is 1. The minimum atomic E-state index is 0.961. The van der Waals surface area contributed by atoms with Crippen LogP contribution in [0.4, 0.5) is 0 Å². The molecule has 0 radical (unpaired) electrons. The third-order valence-corrected chi connectivity index (χ3v) is 4.49. The second-order valence-corrected chi connectivity index (χ2v) is 5.86. The number of pyridine rings is 1. The Balaban J connectivity index is 1.97. The molecule has 3 heteroatoms. The summed E-state index contributed by atoms with van der Waals surface area (Å²) in [7, 11) is 0. The third-order valence-electron chi connectivity index (χ3n) is 3.44. The number of aromatic nitrogens is 2. The van der Waals surface area contributed by atoms with Crippen molar-refractivity contribution < 1.29 is 0 Å². The van der Waals surface area contributed by atoms with Crippen LogP contribution < -0.4 is 0 Å². The summed E-state index contributed by atoms with van der Waals surface area (Å²) in [6.45, 7) is 2.13. The fourth-order valence-electron chi connectivity index (χ4n) is 2.44. The van der Waals surface area contributed by atoms with Crippen LogP contribution in [-0.2, 0) is 0 Å². The van der Waals surface area contributed by atoms with Gasteiger partial charge in [-0.25, -0.2) is 9.97 Å². The highest BCUT2D eigenvalue weighted by Gasteiger charge is 2.09. The lowest BCUT2D eigenvalue weighted by Crippen LogP contribution is -1.87. The van der Waals surface area contributed by atoms with Gasteiger partial charge in [0.15, 0.2) is 0 Å². The molecule has 4 aromatic rings. The summed E-state index contributed by atoms with van der Waals surface area (Å²) in [6.07, 6.45) is 0. The molecule has 20 heavy (non-hydrogen) atoms. The number of benzene rings is 2. The summed E-state index contributed by atoms with van der Waals surface area (Å²) in [5.74, 6) is 0. The molecule has 4 rings (SSSR count). The van der Waals surface area contributed by atoms with Gasteiger partial charge in [-0.15, -0.1) is 11.3 Å². The Bertz CT molecular complexity index is 891.